The van der Waals surface area contributed by atoms with Gasteiger partial charge in [-0.1, -0.05) is 49.4 Å². The molecule has 54 heavy (non-hydrogen) atoms. The predicted octanol–water partition coefficient (Wildman–Crippen LogP) is 8.53. The summed E-state index contributed by atoms with van der Waals surface area (Å²) in [4.78, 5) is 38.6. The number of likely N-dealkylation sites (tertiary alicyclic amines) is 1. The molecule has 280 valence electrons. The summed E-state index contributed by atoms with van der Waals surface area (Å²) in [6.07, 6.45) is 4.11. The molecule has 2 bridgehead atoms. The number of amides is 2. The third-order valence-electron chi connectivity index (χ3n) is 11.4. The number of carbonyl (C=O) groups is 2. The molecule has 4 aliphatic rings. The van der Waals surface area contributed by atoms with E-state index in [0.29, 0.717) is 70.8 Å². The predicted molar refractivity (Wildman–Crippen MR) is 205 cm³/mol. The van der Waals surface area contributed by atoms with Gasteiger partial charge in [0.25, 0.3) is 0 Å². The maximum atomic E-state index is 17.5. The molecule has 3 aromatic heterocycles. The Hall–Kier alpha value is -5.00. The van der Waals surface area contributed by atoms with Gasteiger partial charge in [0.05, 0.1) is 41.3 Å². The zero-order chi connectivity index (χ0) is 38.1. The van der Waals surface area contributed by atoms with Crippen LogP contribution in [0.3, 0.4) is 0 Å². The number of fused-ring (bicyclic) bond motifs is 4. The van der Waals surface area contributed by atoms with Crippen molar-refractivity contribution in [3.63, 3.8) is 0 Å². The van der Waals surface area contributed by atoms with Crippen LogP contribution in [-0.4, -0.2) is 85.2 Å². The zero-order valence-electron chi connectivity index (χ0n) is 30.7. The first-order valence-corrected chi connectivity index (χ1v) is 22.6. The van der Waals surface area contributed by atoms with E-state index in [0.717, 1.165) is 23.7 Å². The molecule has 5 aromatic rings. The lowest BCUT2D eigenvalue weighted by Crippen LogP contribution is -2.43. The summed E-state index contributed by atoms with van der Waals surface area (Å²) < 4.78 is 27.1. The van der Waals surface area contributed by atoms with Gasteiger partial charge in [0.15, 0.2) is 11.6 Å². The number of pyridine rings is 1. The lowest BCUT2D eigenvalue weighted by Gasteiger charge is -2.40. The van der Waals surface area contributed by atoms with Gasteiger partial charge < -0.3 is 19.3 Å². The van der Waals surface area contributed by atoms with E-state index in [2.05, 4.69) is 40.4 Å². The summed E-state index contributed by atoms with van der Waals surface area (Å²) in [5.41, 5.74) is 3.76. The first-order chi connectivity index (χ1) is 25.9. The van der Waals surface area contributed by atoms with Crippen molar-refractivity contribution in [2.75, 3.05) is 19.7 Å². The Kier molecular flexibility index (Phi) is 9.13. The number of halogens is 2. The molecule has 3 saturated heterocycles. The number of aromatic nitrogens is 5. The minimum atomic E-state index is -1.45. The molecule has 0 spiro atoms. The minimum absolute atomic E-state index is 0.0188. The number of carbonyl (C=O) groups excluding carboxylic acids is 1. The summed E-state index contributed by atoms with van der Waals surface area (Å²) in [6, 6.07) is 11.5. The van der Waals surface area contributed by atoms with E-state index < -0.39 is 20.0 Å². The van der Waals surface area contributed by atoms with Crippen LogP contribution in [0, 0.1) is 30.0 Å². The van der Waals surface area contributed by atoms with Gasteiger partial charge in [-0.25, -0.2) is 28.6 Å². The Balaban J connectivity index is 1.41. The fourth-order valence-electron chi connectivity index (χ4n) is 8.74. The van der Waals surface area contributed by atoms with Gasteiger partial charge in [0, 0.05) is 61.1 Å². The third-order valence-corrected chi connectivity index (χ3v) is 13.6. The van der Waals surface area contributed by atoms with Crippen LogP contribution in [-0.2, 0) is 11.2 Å². The highest BCUT2D eigenvalue weighted by molar-refractivity contribution is 6.76. The molecule has 1 saturated carbocycles. The first kappa shape index (κ1) is 36.0. The SMILES string of the molecule is Cc1cccc(-c2c(CCC#N)cc3c(nc(-n4cncn4)c4cc([C@H]5CCCN5C(=O)OCC[Si](C)(C)C)n(C5[C@@H]6C[C@H]5N(C(=O)O)C6)c43)c2F)c1Cl. The fraction of sp³-hybridized carbons (Fsp3) is 0.436. The van der Waals surface area contributed by atoms with E-state index in [9.17, 15) is 20.0 Å². The molecule has 15 heteroatoms. The molecule has 3 aliphatic heterocycles. The number of nitriles is 1. The van der Waals surface area contributed by atoms with Gasteiger partial charge in [-0.2, -0.15) is 10.4 Å². The van der Waals surface area contributed by atoms with Gasteiger partial charge in [0.1, 0.15) is 18.2 Å². The molecule has 1 aliphatic carbocycles. The van der Waals surface area contributed by atoms with Crippen molar-refractivity contribution in [3.8, 4) is 23.0 Å². The zero-order valence-corrected chi connectivity index (χ0v) is 32.5. The van der Waals surface area contributed by atoms with Crippen molar-refractivity contribution >= 4 is 53.7 Å². The molecule has 1 N–H and O–H groups in total. The van der Waals surface area contributed by atoms with Gasteiger partial charge in [-0.3, -0.25) is 4.90 Å². The average molecular weight is 769 g/mol. The van der Waals surface area contributed by atoms with Gasteiger partial charge in [-0.05, 0) is 61.9 Å². The Morgan fingerprint density at radius 2 is 2.00 bits per heavy atom. The van der Waals surface area contributed by atoms with E-state index in [1.54, 1.807) is 11.0 Å². The summed E-state index contributed by atoms with van der Waals surface area (Å²) >= 11 is 6.83. The van der Waals surface area contributed by atoms with Crippen LogP contribution in [0.5, 0.6) is 0 Å². The number of nitrogens with zero attached hydrogens (tertiary/aromatic N) is 8. The first-order valence-electron chi connectivity index (χ1n) is 18.5. The van der Waals surface area contributed by atoms with Crippen molar-refractivity contribution < 1.29 is 23.8 Å². The topological polar surface area (TPSA) is 142 Å². The Bertz CT molecular complexity index is 2350. The summed E-state index contributed by atoms with van der Waals surface area (Å²) in [5.74, 6) is -0.211. The highest BCUT2D eigenvalue weighted by Crippen LogP contribution is 2.54. The van der Waals surface area contributed by atoms with E-state index in [4.69, 9.17) is 21.3 Å². The molecular weight excluding hydrogens is 727 g/mol. The Labute approximate surface area is 318 Å². The minimum Gasteiger partial charge on any atom is -0.465 e. The van der Waals surface area contributed by atoms with Crippen LogP contribution in [0.4, 0.5) is 14.0 Å². The Morgan fingerprint density at radius 3 is 2.70 bits per heavy atom. The number of hydrogen-bond acceptors (Lipinski definition) is 7. The second-order valence-electron chi connectivity index (χ2n) is 16.0. The summed E-state index contributed by atoms with van der Waals surface area (Å²) in [7, 11) is -1.45. The van der Waals surface area contributed by atoms with Crippen LogP contribution in [0.1, 0.15) is 54.6 Å². The number of rotatable bonds is 9. The highest BCUT2D eigenvalue weighted by atomic mass is 35.5. The van der Waals surface area contributed by atoms with E-state index >= 15 is 4.39 Å². The van der Waals surface area contributed by atoms with E-state index in [-0.39, 0.29) is 54.1 Å². The molecule has 4 fully saturated rings. The number of hydrogen-bond donors (Lipinski definition) is 1. The molecule has 2 aromatic carbocycles. The fourth-order valence-corrected chi connectivity index (χ4v) is 9.68. The second-order valence-corrected chi connectivity index (χ2v) is 22.0. The normalized spacial score (nSPS) is 20.8. The lowest BCUT2D eigenvalue weighted by atomic mass is 9.79. The van der Waals surface area contributed by atoms with Crippen molar-refractivity contribution in [2.45, 2.75) is 82.8 Å². The molecule has 0 radical (unpaired) electrons. The number of ether oxygens (including phenoxy) is 1. The maximum absolute atomic E-state index is 17.5. The van der Waals surface area contributed by atoms with Gasteiger partial charge in [-0.15, -0.1) is 0 Å². The smallest absolute Gasteiger partial charge is 0.410 e. The molecule has 2 amide bonds. The largest absolute Gasteiger partial charge is 0.465 e. The van der Waals surface area contributed by atoms with Gasteiger partial charge >= 0.3 is 12.2 Å². The molecule has 4 atom stereocenters. The molecule has 9 rings (SSSR count). The maximum Gasteiger partial charge on any atom is 0.410 e. The second kappa shape index (κ2) is 13.7. The van der Waals surface area contributed by atoms with Gasteiger partial charge in [0.2, 0.25) is 0 Å². The van der Waals surface area contributed by atoms with Crippen LogP contribution in [0.25, 0.3) is 38.8 Å². The number of carboxylic acid groups (broad SMARTS) is 1. The van der Waals surface area contributed by atoms with E-state index in [1.807, 2.05) is 31.2 Å². The number of aryl methyl sites for hydroxylation is 2. The van der Waals surface area contributed by atoms with Crippen LogP contribution in [0.15, 0.2) is 43.0 Å². The highest BCUT2D eigenvalue weighted by Gasteiger charge is 2.56. The quantitative estimate of drug-likeness (QED) is 0.147. The van der Waals surface area contributed by atoms with Crippen LogP contribution in [0.2, 0.25) is 30.7 Å². The number of benzene rings is 2. The lowest BCUT2D eigenvalue weighted by molar-refractivity contribution is 0.0985. The molecule has 6 heterocycles. The van der Waals surface area contributed by atoms with Crippen LogP contribution >= 0.6 is 11.6 Å². The third kappa shape index (κ3) is 5.98. The van der Waals surface area contributed by atoms with Crippen molar-refractivity contribution in [1.82, 2.24) is 34.1 Å². The monoisotopic (exact) mass is 768 g/mol. The van der Waals surface area contributed by atoms with Crippen molar-refractivity contribution in [1.29, 1.82) is 5.26 Å². The van der Waals surface area contributed by atoms with Crippen molar-refractivity contribution in [3.05, 3.63) is 70.6 Å². The summed E-state index contributed by atoms with van der Waals surface area (Å²) in [6.45, 7) is 9.83. The Morgan fingerprint density at radius 1 is 1.19 bits per heavy atom. The van der Waals surface area contributed by atoms with E-state index in [1.165, 1.54) is 22.2 Å². The molecule has 1 unspecified atom stereocenters. The summed E-state index contributed by atoms with van der Waals surface area (Å²) in [5, 5.41) is 25.9. The average Bonchev–Trinajstić information content (AvgIpc) is 3.96. The van der Waals surface area contributed by atoms with Crippen LogP contribution < -0.4 is 0 Å². The molecular formula is C39H42ClFN8O4Si. The molecule has 12 nitrogen and oxygen atoms in total. The standard InChI is InChI=1S/C39H42ClFN8O4Si/c1-22-8-5-10-25(32(22)40)31-23(9-6-12-42)16-26-34(33(31)41)45-37(48-21-43-20-44-48)27-18-29(28-11-7-13-46(28)39(52)53-14-15-54(2,3)4)49(36(26)27)35-24-17-30(35)47(19-24)38(50)51/h5,8,10,16,18,20-21,24,28,30,35H,6-7,9,11,13-15,17,19H2,1-4H3,(H,50,51)/t24-,28-,30-,35?/m1/s1. The van der Waals surface area contributed by atoms with Crippen molar-refractivity contribution in [2.24, 2.45) is 5.92 Å².